The van der Waals surface area contributed by atoms with Gasteiger partial charge in [-0.15, -0.1) is 0 Å². The molecule has 5 heteroatoms. The van der Waals surface area contributed by atoms with Crippen LogP contribution in [0, 0.1) is 3.57 Å². The monoisotopic (exact) mass is 387 g/mol. The van der Waals surface area contributed by atoms with E-state index in [9.17, 15) is 4.79 Å². The van der Waals surface area contributed by atoms with E-state index in [0.717, 1.165) is 9.13 Å². The van der Waals surface area contributed by atoms with Crippen molar-refractivity contribution in [1.82, 2.24) is 5.48 Å². The summed E-state index contributed by atoms with van der Waals surface area (Å²) in [5, 5.41) is 0.627. The van der Waals surface area contributed by atoms with Crippen molar-refractivity contribution in [1.29, 1.82) is 0 Å². The molecule has 0 aliphatic rings. The van der Waals surface area contributed by atoms with Crippen LogP contribution in [0.5, 0.6) is 0 Å². The van der Waals surface area contributed by atoms with E-state index < -0.39 is 0 Å². The van der Waals surface area contributed by atoms with Gasteiger partial charge in [0.05, 0.1) is 11.6 Å². The number of nitrogens with one attached hydrogen (secondary N) is 1. The zero-order valence-corrected chi connectivity index (χ0v) is 12.8. The van der Waals surface area contributed by atoms with Gasteiger partial charge in [-0.25, -0.2) is 5.48 Å². The Morgan fingerprint density at radius 2 is 1.95 bits per heavy atom. The Morgan fingerprint density at radius 3 is 2.63 bits per heavy atom. The van der Waals surface area contributed by atoms with Gasteiger partial charge in [0.1, 0.15) is 0 Å². The van der Waals surface area contributed by atoms with Crippen LogP contribution in [0.3, 0.4) is 0 Å². The lowest BCUT2D eigenvalue weighted by Crippen LogP contribution is -2.23. The molecule has 2 rings (SSSR count). The van der Waals surface area contributed by atoms with Gasteiger partial charge in [-0.2, -0.15) is 0 Å². The molecule has 2 aromatic rings. The molecule has 98 valence electrons. The van der Waals surface area contributed by atoms with Gasteiger partial charge in [-0.1, -0.05) is 41.9 Å². The fraction of sp³-hybridized carbons (Fsp3) is 0.0714. The Kier molecular flexibility index (Phi) is 5.18. The van der Waals surface area contributed by atoms with Crippen LogP contribution in [0.15, 0.2) is 48.5 Å². The van der Waals surface area contributed by atoms with Crippen LogP contribution in [-0.2, 0) is 11.4 Å². The van der Waals surface area contributed by atoms with Crippen molar-refractivity contribution >= 4 is 40.1 Å². The summed E-state index contributed by atoms with van der Waals surface area (Å²) in [5.41, 5.74) is 3.92. The van der Waals surface area contributed by atoms with Gasteiger partial charge in [-0.3, -0.25) is 9.63 Å². The van der Waals surface area contributed by atoms with Crippen LogP contribution < -0.4 is 5.48 Å². The highest BCUT2D eigenvalue weighted by Gasteiger charge is 2.07. The van der Waals surface area contributed by atoms with Gasteiger partial charge in [0, 0.05) is 9.13 Å². The van der Waals surface area contributed by atoms with Gasteiger partial charge in [-0.05, 0) is 46.4 Å². The first kappa shape index (κ1) is 14.3. The number of hydrogen-bond acceptors (Lipinski definition) is 2. The third-order valence-corrected chi connectivity index (χ3v) is 3.97. The van der Waals surface area contributed by atoms with Gasteiger partial charge >= 0.3 is 0 Å². The van der Waals surface area contributed by atoms with Crippen molar-refractivity contribution in [3.05, 3.63) is 68.3 Å². The summed E-state index contributed by atoms with van der Waals surface area (Å²) >= 11 is 7.98. The number of carbonyl (C=O) groups is 1. The molecule has 0 fully saturated rings. The Hall–Kier alpha value is -1.11. The standard InChI is InChI=1S/C14H11ClINO2/c15-12-7-6-11(8-13(12)16)14(18)17-19-9-10-4-2-1-3-5-10/h1-8H,9H2,(H,17,18). The number of hydrogen-bond donors (Lipinski definition) is 1. The molecule has 0 aromatic heterocycles. The lowest BCUT2D eigenvalue weighted by atomic mass is 10.2. The quantitative estimate of drug-likeness (QED) is 0.640. The van der Waals surface area contributed by atoms with E-state index in [2.05, 4.69) is 28.1 Å². The Balaban J connectivity index is 1.89. The van der Waals surface area contributed by atoms with E-state index >= 15 is 0 Å². The van der Waals surface area contributed by atoms with Crippen LogP contribution in [0.25, 0.3) is 0 Å². The summed E-state index contributed by atoms with van der Waals surface area (Å²) in [6.07, 6.45) is 0. The summed E-state index contributed by atoms with van der Waals surface area (Å²) in [6, 6.07) is 14.7. The van der Waals surface area contributed by atoms with Crippen molar-refractivity contribution in [3.8, 4) is 0 Å². The average molecular weight is 388 g/mol. The fourth-order valence-corrected chi connectivity index (χ4v) is 2.09. The number of hydroxylamine groups is 1. The van der Waals surface area contributed by atoms with E-state index in [4.69, 9.17) is 16.4 Å². The van der Waals surface area contributed by atoms with Gasteiger partial charge in [0.2, 0.25) is 0 Å². The molecule has 0 bridgehead atoms. The van der Waals surface area contributed by atoms with Crippen molar-refractivity contribution in [2.45, 2.75) is 6.61 Å². The maximum Gasteiger partial charge on any atom is 0.274 e. The van der Waals surface area contributed by atoms with Crippen molar-refractivity contribution < 1.29 is 9.63 Å². The van der Waals surface area contributed by atoms with E-state index in [0.29, 0.717) is 17.2 Å². The molecule has 0 saturated heterocycles. The summed E-state index contributed by atoms with van der Waals surface area (Å²) in [7, 11) is 0. The molecule has 0 radical (unpaired) electrons. The highest BCUT2D eigenvalue weighted by atomic mass is 127. The summed E-state index contributed by atoms with van der Waals surface area (Å²) < 4.78 is 0.829. The van der Waals surface area contributed by atoms with E-state index in [1.54, 1.807) is 18.2 Å². The molecule has 0 atom stereocenters. The summed E-state index contributed by atoms with van der Waals surface area (Å²) in [6.45, 7) is 0.331. The van der Waals surface area contributed by atoms with Crippen LogP contribution in [0.4, 0.5) is 0 Å². The van der Waals surface area contributed by atoms with E-state index in [1.807, 2.05) is 30.3 Å². The van der Waals surface area contributed by atoms with Crippen LogP contribution in [-0.4, -0.2) is 5.91 Å². The Bertz CT molecular complexity index is 575. The maximum atomic E-state index is 11.8. The zero-order valence-electron chi connectivity index (χ0n) is 9.90. The van der Waals surface area contributed by atoms with Gasteiger partial charge in [0.25, 0.3) is 5.91 Å². The van der Waals surface area contributed by atoms with E-state index in [-0.39, 0.29) is 5.91 Å². The van der Waals surface area contributed by atoms with Crippen molar-refractivity contribution in [2.75, 3.05) is 0 Å². The summed E-state index contributed by atoms with van der Waals surface area (Å²) in [4.78, 5) is 17.0. The second kappa shape index (κ2) is 6.88. The normalized spacial score (nSPS) is 10.2. The molecular weight excluding hydrogens is 377 g/mol. The molecule has 0 heterocycles. The van der Waals surface area contributed by atoms with Gasteiger partial charge < -0.3 is 0 Å². The average Bonchev–Trinajstić information content (AvgIpc) is 2.43. The zero-order chi connectivity index (χ0) is 13.7. The molecule has 0 aliphatic heterocycles. The predicted molar refractivity (Wildman–Crippen MR) is 82.9 cm³/mol. The molecule has 3 nitrogen and oxygen atoms in total. The topological polar surface area (TPSA) is 38.3 Å². The first-order valence-corrected chi connectivity index (χ1v) is 7.03. The maximum absolute atomic E-state index is 11.8. The van der Waals surface area contributed by atoms with Crippen LogP contribution in [0.1, 0.15) is 15.9 Å². The third kappa shape index (κ3) is 4.19. The molecule has 0 saturated carbocycles. The Morgan fingerprint density at radius 1 is 1.21 bits per heavy atom. The minimum Gasteiger partial charge on any atom is -0.269 e. The third-order valence-electron chi connectivity index (χ3n) is 2.43. The second-order valence-corrected chi connectivity index (χ2v) is 5.40. The molecule has 1 N–H and O–H groups in total. The highest BCUT2D eigenvalue weighted by Crippen LogP contribution is 2.19. The molecule has 19 heavy (non-hydrogen) atoms. The Labute approximate surface area is 130 Å². The van der Waals surface area contributed by atoms with Crippen LogP contribution in [0.2, 0.25) is 5.02 Å². The minimum absolute atomic E-state index is 0.287. The molecule has 2 aromatic carbocycles. The predicted octanol–water partition coefficient (Wildman–Crippen LogP) is 3.81. The number of amides is 1. The van der Waals surface area contributed by atoms with Gasteiger partial charge in [0.15, 0.2) is 0 Å². The highest BCUT2D eigenvalue weighted by molar-refractivity contribution is 14.1. The lowest BCUT2D eigenvalue weighted by molar-refractivity contribution is 0.0233. The lowest BCUT2D eigenvalue weighted by Gasteiger charge is -2.06. The van der Waals surface area contributed by atoms with Crippen molar-refractivity contribution in [2.24, 2.45) is 0 Å². The minimum atomic E-state index is -0.287. The largest absolute Gasteiger partial charge is 0.274 e. The number of halogens is 2. The second-order valence-electron chi connectivity index (χ2n) is 3.83. The fourth-order valence-electron chi connectivity index (χ4n) is 1.46. The first-order chi connectivity index (χ1) is 9.16. The molecule has 1 amide bonds. The molecule has 0 spiro atoms. The van der Waals surface area contributed by atoms with Crippen molar-refractivity contribution in [3.63, 3.8) is 0 Å². The number of carbonyl (C=O) groups excluding carboxylic acids is 1. The number of benzene rings is 2. The first-order valence-electron chi connectivity index (χ1n) is 5.58. The van der Waals surface area contributed by atoms with E-state index in [1.165, 1.54) is 0 Å². The smallest absolute Gasteiger partial charge is 0.269 e. The molecular formula is C14H11ClINO2. The summed E-state index contributed by atoms with van der Waals surface area (Å²) in [5.74, 6) is -0.287. The number of rotatable bonds is 4. The molecule has 0 aliphatic carbocycles. The SMILES string of the molecule is O=C(NOCc1ccccc1)c1ccc(Cl)c(I)c1. The molecule has 0 unspecified atom stereocenters. The van der Waals surface area contributed by atoms with Crippen LogP contribution >= 0.6 is 34.2 Å².